The summed E-state index contributed by atoms with van der Waals surface area (Å²) in [5.74, 6) is 0.582. The highest BCUT2D eigenvalue weighted by Gasteiger charge is 2.12. The normalized spacial score (nSPS) is 10.7. The Morgan fingerprint density at radius 3 is 2.75 bits per heavy atom. The summed E-state index contributed by atoms with van der Waals surface area (Å²) in [5, 5.41) is 3.84. The van der Waals surface area contributed by atoms with Gasteiger partial charge in [-0.3, -0.25) is 0 Å². The minimum Gasteiger partial charge on any atom is -0.384 e. The van der Waals surface area contributed by atoms with E-state index in [1.54, 1.807) is 31.2 Å². The second kappa shape index (κ2) is 4.73. The average molecular weight is 270 g/mol. The van der Waals surface area contributed by atoms with Crippen LogP contribution in [0.2, 0.25) is 0 Å². The lowest BCUT2D eigenvalue weighted by atomic mass is 10.1. The first kappa shape index (κ1) is 12.3. The van der Waals surface area contributed by atoms with Crippen molar-refractivity contribution in [1.82, 2.24) is 15.1 Å². The van der Waals surface area contributed by atoms with E-state index in [0.717, 1.165) is 5.56 Å². The summed E-state index contributed by atoms with van der Waals surface area (Å²) in [5.41, 5.74) is 7.43. The molecule has 0 aliphatic heterocycles. The summed E-state index contributed by atoms with van der Waals surface area (Å²) in [6.45, 7) is 1.80. The number of hydrogen-bond donors (Lipinski definition) is 1. The van der Waals surface area contributed by atoms with Gasteiger partial charge in [-0.15, -0.1) is 0 Å². The SMILES string of the molecule is Cc1cc(F)cc(-c2noc(-c3cccc(N)n3)n2)c1. The Kier molecular flexibility index (Phi) is 2.90. The first-order chi connectivity index (χ1) is 9.61. The van der Waals surface area contributed by atoms with Gasteiger partial charge in [-0.25, -0.2) is 9.37 Å². The van der Waals surface area contributed by atoms with E-state index in [2.05, 4.69) is 15.1 Å². The van der Waals surface area contributed by atoms with E-state index in [1.165, 1.54) is 12.1 Å². The van der Waals surface area contributed by atoms with Crippen LogP contribution < -0.4 is 5.73 Å². The zero-order valence-corrected chi connectivity index (χ0v) is 10.7. The van der Waals surface area contributed by atoms with Crippen molar-refractivity contribution in [2.45, 2.75) is 6.92 Å². The average Bonchev–Trinajstić information content (AvgIpc) is 2.87. The molecule has 20 heavy (non-hydrogen) atoms. The summed E-state index contributed by atoms with van der Waals surface area (Å²) in [6.07, 6.45) is 0. The molecule has 1 aromatic carbocycles. The monoisotopic (exact) mass is 270 g/mol. The quantitative estimate of drug-likeness (QED) is 0.774. The number of pyridine rings is 1. The Hall–Kier alpha value is -2.76. The third-order valence-corrected chi connectivity index (χ3v) is 2.72. The molecule has 0 radical (unpaired) electrons. The number of hydrogen-bond acceptors (Lipinski definition) is 5. The van der Waals surface area contributed by atoms with Crippen LogP contribution in [-0.4, -0.2) is 15.1 Å². The highest BCUT2D eigenvalue weighted by Crippen LogP contribution is 2.22. The Bertz CT molecular complexity index is 749. The minimum atomic E-state index is -0.339. The van der Waals surface area contributed by atoms with Crippen molar-refractivity contribution in [1.29, 1.82) is 0 Å². The highest BCUT2D eigenvalue weighted by atomic mass is 19.1. The van der Waals surface area contributed by atoms with Crippen LogP contribution >= 0.6 is 0 Å². The summed E-state index contributed by atoms with van der Waals surface area (Å²) in [4.78, 5) is 8.30. The molecule has 2 aromatic heterocycles. The number of rotatable bonds is 2. The number of anilines is 1. The van der Waals surface area contributed by atoms with Gasteiger partial charge in [-0.2, -0.15) is 4.98 Å². The number of nitrogen functional groups attached to an aromatic ring is 1. The molecule has 0 saturated heterocycles. The zero-order chi connectivity index (χ0) is 14.1. The van der Waals surface area contributed by atoms with Crippen molar-refractivity contribution in [3.05, 3.63) is 47.8 Å². The minimum absolute atomic E-state index is 0.245. The summed E-state index contributed by atoms with van der Waals surface area (Å²) >= 11 is 0. The van der Waals surface area contributed by atoms with Crippen molar-refractivity contribution in [3.63, 3.8) is 0 Å². The molecule has 5 nitrogen and oxygen atoms in total. The van der Waals surface area contributed by atoms with E-state index in [1.807, 2.05) is 0 Å². The second-order valence-corrected chi connectivity index (χ2v) is 4.39. The van der Waals surface area contributed by atoms with Crippen molar-refractivity contribution in [2.24, 2.45) is 0 Å². The van der Waals surface area contributed by atoms with Gasteiger partial charge in [0.15, 0.2) is 0 Å². The number of benzene rings is 1. The van der Waals surface area contributed by atoms with Gasteiger partial charge in [-0.1, -0.05) is 11.2 Å². The van der Waals surface area contributed by atoms with Gasteiger partial charge in [0.25, 0.3) is 5.89 Å². The van der Waals surface area contributed by atoms with E-state index in [9.17, 15) is 4.39 Å². The third-order valence-electron chi connectivity index (χ3n) is 2.72. The molecule has 0 saturated carbocycles. The van der Waals surface area contributed by atoms with E-state index in [0.29, 0.717) is 22.9 Å². The van der Waals surface area contributed by atoms with Gasteiger partial charge < -0.3 is 10.3 Å². The fourth-order valence-electron chi connectivity index (χ4n) is 1.88. The smallest absolute Gasteiger partial charge is 0.276 e. The number of aryl methyl sites for hydroxylation is 1. The van der Waals surface area contributed by atoms with Crippen LogP contribution in [0.25, 0.3) is 23.0 Å². The lowest BCUT2D eigenvalue weighted by molar-refractivity contribution is 0.431. The van der Waals surface area contributed by atoms with E-state index >= 15 is 0 Å². The maximum absolute atomic E-state index is 13.4. The molecule has 0 amide bonds. The molecule has 2 N–H and O–H groups in total. The lowest BCUT2D eigenvalue weighted by Crippen LogP contribution is -1.91. The Balaban J connectivity index is 2.02. The predicted molar refractivity (Wildman–Crippen MR) is 72.1 cm³/mol. The Labute approximate surface area is 114 Å². The summed E-state index contributed by atoms with van der Waals surface area (Å²) in [6, 6.07) is 9.69. The summed E-state index contributed by atoms with van der Waals surface area (Å²) < 4.78 is 18.5. The molecular weight excluding hydrogens is 259 g/mol. The fourth-order valence-corrected chi connectivity index (χ4v) is 1.88. The fraction of sp³-hybridized carbons (Fsp3) is 0.0714. The first-order valence-corrected chi connectivity index (χ1v) is 5.96. The van der Waals surface area contributed by atoms with Gasteiger partial charge in [0.1, 0.15) is 17.3 Å². The molecule has 3 aromatic rings. The summed E-state index contributed by atoms with van der Waals surface area (Å²) in [7, 11) is 0. The van der Waals surface area contributed by atoms with Gasteiger partial charge in [0, 0.05) is 5.56 Å². The molecule has 0 fully saturated rings. The van der Waals surface area contributed by atoms with Crippen molar-refractivity contribution < 1.29 is 8.91 Å². The van der Waals surface area contributed by atoms with E-state index in [-0.39, 0.29) is 11.7 Å². The molecule has 2 heterocycles. The predicted octanol–water partition coefficient (Wildman–Crippen LogP) is 2.83. The molecule has 6 heteroatoms. The van der Waals surface area contributed by atoms with Crippen LogP contribution in [0.15, 0.2) is 40.9 Å². The van der Waals surface area contributed by atoms with Gasteiger partial charge in [0.2, 0.25) is 5.82 Å². The Morgan fingerprint density at radius 1 is 1.15 bits per heavy atom. The number of aromatic nitrogens is 3. The Morgan fingerprint density at radius 2 is 2.00 bits per heavy atom. The molecule has 0 aliphatic rings. The maximum Gasteiger partial charge on any atom is 0.276 e. The van der Waals surface area contributed by atoms with Crippen molar-refractivity contribution >= 4 is 5.82 Å². The highest BCUT2D eigenvalue weighted by molar-refractivity contribution is 5.59. The molecular formula is C14H11FN4O. The first-order valence-electron chi connectivity index (χ1n) is 5.96. The molecule has 0 aliphatic carbocycles. The molecule has 3 rings (SSSR count). The van der Waals surface area contributed by atoms with Crippen LogP contribution in [0.4, 0.5) is 10.2 Å². The third kappa shape index (κ3) is 2.35. The van der Waals surface area contributed by atoms with Crippen molar-refractivity contribution in [2.75, 3.05) is 5.73 Å². The van der Waals surface area contributed by atoms with E-state index < -0.39 is 0 Å². The van der Waals surface area contributed by atoms with Gasteiger partial charge >= 0.3 is 0 Å². The maximum atomic E-state index is 13.4. The van der Waals surface area contributed by atoms with E-state index in [4.69, 9.17) is 10.3 Å². The van der Waals surface area contributed by atoms with Crippen molar-refractivity contribution in [3.8, 4) is 23.0 Å². The van der Waals surface area contributed by atoms with Crippen LogP contribution in [0.3, 0.4) is 0 Å². The van der Waals surface area contributed by atoms with Gasteiger partial charge in [-0.05, 0) is 42.8 Å². The molecule has 0 bridgehead atoms. The van der Waals surface area contributed by atoms with Gasteiger partial charge in [0.05, 0.1) is 0 Å². The largest absolute Gasteiger partial charge is 0.384 e. The lowest BCUT2D eigenvalue weighted by Gasteiger charge is -1.97. The van der Waals surface area contributed by atoms with Crippen LogP contribution in [-0.2, 0) is 0 Å². The standard InChI is InChI=1S/C14H11FN4O/c1-8-5-9(7-10(15)6-8)13-18-14(20-19-13)11-3-2-4-12(16)17-11/h2-7H,1H3,(H2,16,17). The molecule has 0 atom stereocenters. The van der Waals surface area contributed by atoms with Crippen LogP contribution in [0.5, 0.6) is 0 Å². The van der Waals surface area contributed by atoms with Crippen LogP contribution in [0, 0.1) is 12.7 Å². The topological polar surface area (TPSA) is 77.8 Å². The zero-order valence-electron chi connectivity index (χ0n) is 10.7. The number of halogens is 1. The molecule has 0 spiro atoms. The van der Waals surface area contributed by atoms with Crippen LogP contribution in [0.1, 0.15) is 5.56 Å². The number of nitrogens with two attached hydrogens (primary N) is 1. The number of nitrogens with zero attached hydrogens (tertiary/aromatic N) is 3. The molecule has 100 valence electrons. The molecule has 0 unspecified atom stereocenters. The second-order valence-electron chi connectivity index (χ2n) is 4.39.